The molecular weight excluding hydrogens is 326 g/mol. The van der Waals surface area contributed by atoms with Gasteiger partial charge in [0.05, 0.1) is 20.8 Å². The van der Waals surface area contributed by atoms with Crippen LogP contribution in [0.1, 0.15) is 31.7 Å². The summed E-state index contributed by atoms with van der Waals surface area (Å²) in [5.74, 6) is 0. The third-order valence-electron chi connectivity index (χ3n) is 4.61. The molecule has 1 heterocycles. The van der Waals surface area contributed by atoms with Gasteiger partial charge in [-0.1, -0.05) is 19.8 Å². The Hall–Kier alpha value is -1.94. The summed E-state index contributed by atoms with van der Waals surface area (Å²) < 4.78 is 3.47. The number of unbranched alkanes of at least 4 members (excludes halogenated alkanes) is 2. The molecule has 2 aliphatic rings. The molecule has 0 radical (unpaired) electrons. The summed E-state index contributed by atoms with van der Waals surface area (Å²) in [5, 5.41) is 1.32. The Morgan fingerprint density at radius 1 is 1.08 bits per heavy atom. The van der Waals surface area contributed by atoms with Crippen LogP contribution in [0.4, 0.5) is 5.69 Å². The Balaban J connectivity index is 2.17. The van der Waals surface area contributed by atoms with Crippen LogP contribution in [0.5, 0.6) is 0 Å². The molecule has 4 heteroatoms. The zero-order valence-corrected chi connectivity index (χ0v) is 16.8. The highest BCUT2D eigenvalue weighted by atomic mass is 32.1. The molecule has 0 saturated heterocycles. The van der Waals surface area contributed by atoms with Crippen molar-refractivity contribution in [3.05, 3.63) is 41.3 Å². The van der Waals surface area contributed by atoms with Crippen LogP contribution in [0.2, 0.25) is 0 Å². The number of rotatable bonds is 5. The van der Waals surface area contributed by atoms with E-state index in [9.17, 15) is 0 Å². The maximum atomic E-state index is 4.94. The van der Waals surface area contributed by atoms with E-state index in [0.29, 0.717) is 0 Å². The molecular formula is C21H28N3S+. The van der Waals surface area contributed by atoms with Crippen molar-refractivity contribution in [3.8, 4) is 10.6 Å². The van der Waals surface area contributed by atoms with E-state index in [1.807, 2.05) is 11.3 Å². The molecule has 0 aromatic heterocycles. The van der Waals surface area contributed by atoms with Gasteiger partial charge in [0.1, 0.15) is 14.1 Å². The molecule has 0 fully saturated rings. The summed E-state index contributed by atoms with van der Waals surface area (Å²) in [6.07, 6.45) is 4.91. The lowest BCUT2D eigenvalue weighted by Crippen LogP contribution is -2.26. The fourth-order valence-corrected chi connectivity index (χ4v) is 4.17. The molecule has 1 aromatic carbocycles. The van der Waals surface area contributed by atoms with Gasteiger partial charge < -0.3 is 4.90 Å². The van der Waals surface area contributed by atoms with Gasteiger partial charge in [-0.3, -0.25) is 0 Å². The first-order valence-corrected chi connectivity index (χ1v) is 9.86. The van der Waals surface area contributed by atoms with Gasteiger partial charge >= 0.3 is 0 Å². The highest BCUT2D eigenvalue weighted by Crippen LogP contribution is 2.32. The van der Waals surface area contributed by atoms with Crippen molar-refractivity contribution >= 4 is 27.2 Å². The molecule has 0 N–H and O–H groups in total. The molecule has 1 aromatic rings. The summed E-state index contributed by atoms with van der Waals surface area (Å²) in [6.45, 7) is 2.25. The molecule has 0 atom stereocenters. The fraction of sp³-hybridized carbons (Fsp3) is 0.429. The average molecular weight is 355 g/mol. The topological polar surface area (TPSA) is 19.1 Å². The van der Waals surface area contributed by atoms with Crippen LogP contribution in [0.3, 0.4) is 0 Å². The molecule has 0 bridgehead atoms. The smallest absolute Gasteiger partial charge is 0.204 e. The van der Waals surface area contributed by atoms with E-state index in [-0.39, 0.29) is 0 Å². The molecule has 0 amide bonds. The van der Waals surface area contributed by atoms with Gasteiger partial charge in [0.25, 0.3) is 0 Å². The minimum Gasteiger partial charge on any atom is -0.378 e. The first-order chi connectivity index (χ1) is 12.0. The van der Waals surface area contributed by atoms with Crippen LogP contribution in [-0.4, -0.2) is 33.2 Å². The molecule has 25 heavy (non-hydrogen) atoms. The number of hydrogen-bond acceptors (Lipinski definition) is 3. The molecule has 132 valence electrons. The monoisotopic (exact) mass is 354 g/mol. The fourth-order valence-electron chi connectivity index (χ4n) is 3.16. The average Bonchev–Trinajstić information content (AvgIpc) is 2.58. The Bertz CT molecular complexity index is 920. The Morgan fingerprint density at radius 2 is 1.88 bits per heavy atom. The predicted octanol–water partition coefficient (Wildman–Crippen LogP) is 4.23. The summed E-state index contributed by atoms with van der Waals surface area (Å²) in [5.41, 5.74) is 4.83. The number of fused-ring (bicyclic) bond motifs is 2. The summed E-state index contributed by atoms with van der Waals surface area (Å²) in [4.78, 5) is 8.33. The number of hydrogen-bond donors (Lipinski definition) is 0. The number of benzene rings is 2. The van der Waals surface area contributed by atoms with Gasteiger partial charge in [-0.25, -0.2) is 9.56 Å². The lowest BCUT2D eigenvalue weighted by molar-refractivity contribution is 0.703. The van der Waals surface area contributed by atoms with Gasteiger partial charge in [0.15, 0.2) is 0 Å². The molecule has 1 aliphatic carbocycles. The van der Waals surface area contributed by atoms with Crippen molar-refractivity contribution in [2.75, 3.05) is 33.1 Å². The summed E-state index contributed by atoms with van der Waals surface area (Å²) >= 11 is 1.84. The van der Waals surface area contributed by atoms with E-state index in [1.54, 1.807) is 0 Å². The van der Waals surface area contributed by atoms with Gasteiger partial charge in [-0.15, -0.1) is 11.3 Å². The Labute approximate surface area is 154 Å². The Kier molecular flexibility index (Phi) is 5.38. The van der Waals surface area contributed by atoms with Crippen molar-refractivity contribution < 1.29 is 0 Å². The van der Waals surface area contributed by atoms with Crippen molar-refractivity contribution in [1.29, 1.82) is 0 Å². The number of aromatic nitrogens is 1. The lowest BCUT2D eigenvalue weighted by Gasteiger charge is -2.14. The molecule has 1 aliphatic heterocycles. The zero-order chi connectivity index (χ0) is 18.0. The van der Waals surface area contributed by atoms with Crippen molar-refractivity contribution in [1.82, 2.24) is 9.56 Å². The Morgan fingerprint density at radius 3 is 2.56 bits per heavy atom. The standard InChI is InChI=1S/C21H28N3S/c1-6-7-8-9-15-12-18-21(14-19(15)24(4)5)25-20-13-16(23(2)3)10-11-17(20)22-18/h10-14H,6-9H2,1-5H3/q+1. The number of nitrogens with zero attached hydrogens (tertiary/aromatic N) is 3. The van der Waals surface area contributed by atoms with Crippen LogP contribution in [-0.2, 0) is 6.42 Å². The van der Waals surface area contributed by atoms with Crippen LogP contribution in [0.15, 0.2) is 30.3 Å². The lowest BCUT2D eigenvalue weighted by atomic mass is 10.0. The zero-order valence-electron chi connectivity index (χ0n) is 16.0. The SMILES string of the molecule is CCCCCc1cc2nc3ccc(N(C)C)cc3sc-2cc1=[N+](C)C. The maximum absolute atomic E-state index is 4.94. The highest BCUT2D eigenvalue weighted by molar-refractivity contribution is 7.21. The van der Waals surface area contributed by atoms with Crippen LogP contribution < -0.4 is 14.8 Å². The van der Waals surface area contributed by atoms with Crippen molar-refractivity contribution in [3.63, 3.8) is 0 Å². The minimum atomic E-state index is 1.08. The van der Waals surface area contributed by atoms with E-state index in [4.69, 9.17) is 4.98 Å². The van der Waals surface area contributed by atoms with Crippen LogP contribution in [0.25, 0.3) is 20.8 Å². The van der Waals surface area contributed by atoms with Gasteiger partial charge in [0, 0.05) is 31.4 Å². The van der Waals surface area contributed by atoms with E-state index in [1.165, 1.54) is 45.4 Å². The first kappa shape index (κ1) is 17.9. The van der Waals surface area contributed by atoms with E-state index >= 15 is 0 Å². The largest absolute Gasteiger partial charge is 0.378 e. The van der Waals surface area contributed by atoms with Crippen LogP contribution in [0, 0.1) is 0 Å². The molecule has 0 spiro atoms. The molecule has 3 nitrogen and oxygen atoms in total. The summed E-state index contributed by atoms with van der Waals surface area (Å²) in [7, 11) is 8.42. The van der Waals surface area contributed by atoms with Crippen LogP contribution >= 0.6 is 11.3 Å². The third kappa shape index (κ3) is 3.84. The van der Waals surface area contributed by atoms with Gasteiger partial charge in [-0.2, -0.15) is 0 Å². The minimum absolute atomic E-state index is 1.08. The van der Waals surface area contributed by atoms with E-state index < -0.39 is 0 Å². The van der Waals surface area contributed by atoms with E-state index in [2.05, 4.69) is 74.9 Å². The summed E-state index contributed by atoms with van der Waals surface area (Å²) in [6, 6.07) is 11.1. The van der Waals surface area contributed by atoms with Gasteiger partial charge in [-0.05, 0) is 37.1 Å². The van der Waals surface area contributed by atoms with Gasteiger partial charge in [0.2, 0.25) is 5.36 Å². The quantitative estimate of drug-likeness (QED) is 0.388. The second kappa shape index (κ2) is 7.52. The number of anilines is 1. The van der Waals surface area contributed by atoms with Crippen molar-refractivity contribution in [2.45, 2.75) is 32.6 Å². The van der Waals surface area contributed by atoms with E-state index in [0.717, 1.165) is 17.6 Å². The van der Waals surface area contributed by atoms with Crippen molar-refractivity contribution in [2.24, 2.45) is 0 Å². The second-order valence-electron chi connectivity index (χ2n) is 7.06. The number of aryl methyl sites for hydroxylation is 1. The normalized spacial score (nSPS) is 11.2. The molecule has 0 unspecified atom stereocenters. The second-order valence-corrected chi connectivity index (χ2v) is 8.14. The third-order valence-corrected chi connectivity index (χ3v) is 5.71. The first-order valence-electron chi connectivity index (χ1n) is 9.04. The predicted molar refractivity (Wildman–Crippen MR) is 111 cm³/mol. The maximum Gasteiger partial charge on any atom is 0.204 e. The molecule has 3 rings (SSSR count). The molecule has 0 saturated carbocycles. The highest BCUT2D eigenvalue weighted by Gasteiger charge is 2.14.